The summed E-state index contributed by atoms with van der Waals surface area (Å²) >= 11 is 0. The molecule has 0 spiro atoms. The van der Waals surface area contributed by atoms with Gasteiger partial charge < -0.3 is 15.4 Å². The Morgan fingerprint density at radius 1 is 1.14 bits per heavy atom. The normalized spacial score (nSPS) is 9.68. The average Bonchev–Trinajstić information content (AvgIpc) is 2.50. The molecule has 0 atom stereocenters. The van der Waals surface area contributed by atoms with Gasteiger partial charge in [0, 0.05) is 26.7 Å². The fourth-order valence-electron chi connectivity index (χ4n) is 1.72. The van der Waals surface area contributed by atoms with Crippen molar-refractivity contribution in [3.05, 3.63) is 36.2 Å². The van der Waals surface area contributed by atoms with E-state index in [1.165, 1.54) is 6.20 Å². The SMILES string of the molecule is COCCNCCNC(=O)c1cnc2ccccc2n1.Cl.Cl. The highest BCUT2D eigenvalue weighted by Crippen LogP contribution is 2.08. The van der Waals surface area contributed by atoms with Gasteiger partial charge in [-0.15, -0.1) is 24.8 Å². The number of hydrogen-bond acceptors (Lipinski definition) is 5. The van der Waals surface area contributed by atoms with Gasteiger partial charge in [0.15, 0.2) is 0 Å². The van der Waals surface area contributed by atoms with Crippen LogP contribution in [0.5, 0.6) is 0 Å². The predicted molar refractivity (Wildman–Crippen MR) is 91.1 cm³/mol. The highest BCUT2D eigenvalue weighted by atomic mass is 35.5. The number of amides is 1. The number of carbonyl (C=O) groups is 1. The maximum Gasteiger partial charge on any atom is 0.271 e. The maximum atomic E-state index is 11.9. The van der Waals surface area contributed by atoms with Crippen molar-refractivity contribution in [2.24, 2.45) is 0 Å². The molecular formula is C14H20Cl2N4O2. The summed E-state index contributed by atoms with van der Waals surface area (Å²) in [6.45, 7) is 2.65. The highest BCUT2D eigenvalue weighted by Gasteiger charge is 2.07. The topological polar surface area (TPSA) is 76.1 Å². The van der Waals surface area contributed by atoms with E-state index in [1.54, 1.807) is 7.11 Å². The largest absolute Gasteiger partial charge is 0.383 e. The molecule has 0 fully saturated rings. The number of hydrogen-bond donors (Lipinski definition) is 2. The first-order chi connectivity index (χ1) is 9.81. The molecule has 0 radical (unpaired) electrons. The molecule has 8 heteroatoms. The van der Waals surface area contributed by atoms with Gasteiger partial charge in [0.2, 0.25) is 0 Å². The Labute approximate surface area is 141 Å². The standard InChI is InChI=1S/C14H18N4O2.2ClH/c1-20-9-8-15-6-7-16-14(19)13-10-17-11-4-2-3-5-12(11)18-13;;/h2-5,10,15H,6-9H2,1H3,(H,16,19);2*1H. The fourth-order valence-corrected chi connectivity index (χ4v) is 1.72. The number of halogens is 2. The number of para-hydroxylation sites is 2. The molecule has 0 saturated heterocycles. The first-order valence-electron chi connectivity index (χ1n) is 6.51. The van der Waals surface area contributed by atoms with Gasteiger partial charge in [-0.05, 0) is 12.1 Å². The highest BCUT2D eigenvalue weighted by molar-refractivity contribution is 5.93. The Morgan fingerprint density at radius 2 is 1.86 bits per heavy atom. The van der Waals surface area contributed by atoms with E-state index in [1.807, 2.05) is 24.3 Å². The molecule has 0 aliphatic rings. The van der Waals surface area contributed by atoms with E-state index >= 15 is 0 Å². The van der Waals surface area contributed by atoms with Gasteiger partial charge in [-0.3, -0.25) is 9.78 Å². The lowest BCUT2D eigenvalue weighted by Gasteiger charge is -2.06. The number of rotatable bonds is 7. The summed E-state index contributed by atoms with van der Waals surface area (Å²) in [5.74, 6) is -0.211. The average molecular weight is 347 g/mol. The molecule has 1 amide bonds. The number of fused-ring (bicyclic) bond motifs is 1. The molecule has 22 heavy (non-hydrogen) atoms. The van der Waals surface area contributed by atoms with Crippen LogP contribution in [0.25, 0.3) is 11.0 Å². The van der Waals surface area contributed by atoms with E-state index in [2.05, 4.69) is 20.6 Å². The Kier molecular flexibility index (Phi) is 10.4. The first-order valence-corrected chi connectivity index (χ1v) is 6.51. The zero-order valence-electron chi connectivity index (χ0n) is 12.2. The van der Waals surface area contributed by atoms with Crippen LogP contribution in [0.15, 0.2) is 30.5 Å². The third-order valence-corrected chi connectivity index (χ3v) is 2.75. The number of benzene rings is 1. The van der Waals surface area contributed by atoms with Crippen molar-refractivity contribution in [3.63, 3.8) is 0 Å². The van der Waals surface area contributed by atoms with Gasteiger partial charge in [-0.2, -0.15) is 0 Å². The Bertz CT molecular complexity index is 584. The number of methoxy groups -OCH3 is 1. The summed E-state index contributed by atoms with van der Waals surface area (Å²) in [6.07, 6.45) is 1.50. The van der Waals surface area contributed by atoms with Crippen molar-refractivity contribution in [1.82, 2.24) is 20.6 Å². The van der Waals surface area contributed by atoms with Crippen LogP contribution in [-0.4, -0.2) is 49.2 Å². The lowest BCUT2D eigenvalue weighted by Crippen LogP contribution is -2.33. The van der Waals surface area contributed by atoms with Crippen LogP contribution in [0.4, 0.5) is 0 Å². The van der Waals surface area contributed by atoms with E-state index in [4.69, 9.17) is 4.74 Å². The summed E-state index contributed by atoms with van der Waals surface area (Å²) in [7, 11) is 1.65. The smallest absolute Gasteiger partial charge is 0.271 e. The number of aromatic nitrogens is 2. The number of ether oxygens (including phenoxy) is 1. The molecule has 1 heterocycles. The van der Waals surface area contributed by atoms with E-state index in [0.29, 0.717) is 25.4 Å². The van der Waals surface area contributed by atoms with Crippen LogP contribution in [-0.2, 0) is 4.74 Å². The van der Waals surface area contributed by atoms with Gasteiger partial charge in [-0.25, -0.2) is 4.98 Å². The number of nitrogens with one attached hydrogen (secondary N) is 2. The van der Waals surface area contributed by atoms with Crippen LogP contribution in [0.2, 0.25) is 0 Å². The van der Waals surface area contributed by atoms with E-state index in [-0.39, 0.29) is 30.7 Å². The summed E-state index contributed by atoms with van der Waals surface area (Å²) in [5, 5.41) is 5.94. The van der Waals surface area contributed by atoms with E-state index in [0.717, 1.165) is 17.6 Å². The third kappa shape index (κ3) is 6.11. The molecule has 1 aromatic carbocycles. The van der Waals surface area contributed by atoms with E-state index in [9.17, 15) is 4.79 Å². The molecule has 6 nitrogen and oxygen atoms in total. The van der Waals surface area contributed by atoms with Crippen molar-refractivity contribution in [2.75, 3.05) is 33.4 Å². The Hall–Kier alpha value is -1.47. The molecule has 0 saturated carbocycles. The quantitative estimate of drug-likeness (QED) is 0.742. The van der Waals surface area contributed by atoms with Gasteiger partial charge >= 0.3 is 0 Å². The van der Waals surface area contributed by atoms with Gasteiger partial charge in [-0.1, -0.05) is 12.1 Å². The molecule has 0 aliphatic heterocycles. The van der Waals surface area contributed by atoms with Crippen LogP contribution in [0, 0.1) is 0 Å². The zero-order chi connectivity index (χ0) is 14.2. The minimum Gasteiger partial charge on any atom is -0.383 e. The Morgan fingerprint density at radius 3 is 2.59 bits per heavy atom. The van der Waals surface area contributed by atoms with Crippen molar-refractivity contribution in [2.45, 2.75) is 0 Å². The minimum absolute atomic E-state index is 0. The third-order valence-electron chi connectivity index (χ3n) is 2.75. The van der Waals surface area contributed by atoms with Crippen molar-refractivity contribution >= 4 is 41.8 Å². The number of carbonyl (C=O) groups excluding carboxylic acids is 1. The predicted octanol–water partition coefficient (Wildman–Crippen LogP) is 1.44. The molecule has 0 unspecified atom stereocenters. The number of nitrogens with zero attached hydrogens (tertiary/aromatic N) is 2. The molecule has 2 N–H and O–H groups in total. The van der Waals surface area contributed by atoms with Gasteiger partial charge in [0.1, 0.15) is 5.69 Å². The van der Waals surface area contributed by atoms with Crippen LogP contribution in [0.3, 0.4) is 0 Å². The van der Waals surface area contributed by atoms with Crippen LogP contribution in [0.1, 0.15) is 10.5 Å². The maximum absolute atomic E-state index is 11.9. The fraction of sp³-hybridized carbons (Fsp3) is 0.357. The lowest BCUT2D eigenvalue weighted by atomic mass is 10.3. The summed E-state index contributed by atoms with van der Waals surface area (Å²) in [5.41, 5.74) is 1.84. The molecule has 122 valence electrons. The molecule has 2 rings (SSSR count). The van der Waals surface area contributed by atoms with E-state index < -0.39 is 0 Å². The van der Waals surface area contributed by atoms with Gasteiger partial charge in [0.05, 0.1) is 23.8 Å². The molecule has 0 bridgehead atoms. The van der Waals surface area contributed by atoms with Crippen LogP contribution < -0.4 is 10.6 Å². The second-order valence-corrected chi connectivity index (χ2v) is 4.24. The van der Waals surface area contributed by atoms with Crippen molar-refractivity contribution in [3.8, 4) is 0 Å². The zero-order valence-corrected chi connectivity index (χ0v) is 13.9. The molecular weight excluding hydrogens is 327 g/mol. The first kappa shape index (κ1) is 20.5. The second-order valence-electron chi connectivity index (χ2n) is 4.24. The second kappa shape index (κ2) is 11.1. The Balaban J connectivity index is 0.00000220. The monoisotopic (exact) mass is 346 g/mol. The van der Waals surface area contributed by atoms with Crippen LogP contribution >= 0.6 is 24.8 Å². The van der Waals surface area contributed by atoms with Gasteiger partial charge in [0.25, 0.3) is 5.91 Å². The van der Waals surface area contributed by atoms with Crippen molar-refractivity contribution in [1.29, 1.82) is 0 Å². The summed E-state index contributed by atoms with van der Waals surface area (Å²) in [6, 6.07) is 7.47. The molecule has 0 aliphatic carbocycles. The molecule has 1 aromatic heterocycles. The minimum atomic E-state index is -0.211. The summed E-state index contributed by atoms with van der Waals surface area (Å²) in [4.78, 5) is 20.4. The lowest BCUT2D eigenvalue weighted by molar-refractivity contribution is 0.0948. The molecule has 2 aromatic rings. The summed E-state index contributed by atoms with van der Waals surface area (Å²) < 4.78 is 4.91. The van der Waals surface area contributed by atoms with Crippen molar-refractivity contribution < 1.29 is 9.53 Å².